The van der Waals surface area contributed by atoms with E-state index in [9.17, 15) is 22.8 Å². The summed E-state index contributed by atoms with van der Waals surface area (Å²) in [6.45, 7) is 0. The molecule has 20 heavy (non-hydrogen) atoms. The molecule has 0 aromatic heterocycles. The molecule has 0 aliphatic heterocycles. The number of alkyl halides is 3. The predicted molar refractivity (Wildman–Crippen MR) is 63.6 cm³/mol. The van der Waals surface area contributed by atoms with Gasteiger partial charge in [-0.3, -0.25) is 0 Å². The first-order valence-corrected chi connectivity index (χ1v) is 5.79. The summed E-state index contributed by atoms with van der Waals surface area (Å²) in [6.07, 6.45) is -2.96. The third kappa shape index (κ3) is 3.40. The minimum Gasteiger partial charge on any atom is -0.478 e. The topological polar surface area (TPSA) is 78.4 Å². The Morgan fingerprint density at radius 2 is 1.90 bits per heavy atom. The van der Waals surface area contributed by atoms with Gasteiger partial charge in [0, 0.05) is 6.04 Å². The molecule has 1 saturated carbocycles. The normalized spacial score (nSPS) is 14.8. The number of carbonyl (C=O) groups is 2. The Balaban J connectivity index is 2.23. The highest BCUT2D eigenvalue weighted by Gasteiger charge is 2.32. The molecule has 3 N–H and O–H groups in total. The molecular weight excluding hydrogens is 277 g/mol. The van der Waals surface area contributed by atoms with Crippen molar-refractivity contribution in [2.75, 3.05) is 5.32 Å². The summed E-state index contributed by atoms with van der Waals surface area (Å²) in [5, 5.41) is 13.7. The Labute approximate surface area is 111 Å². The molecule has 1 aromatic carbocycles. The highest BCUT2D eigenvalue weighted by Crippen LogP contribution is 2.32. The molecule has 0 radical (unpaired) electrons. The third-order valence-corrected chi connectivity index (χ3v) is 2.74. The molecule has 1 fully saturated rings. The van der Waals surface area contributed by atoms with Crippen molar-refractivity contribution in [3.63, 3.8) is 0 Å². The summed E-state index contributed by atoms with van der Waals surface area (Å²) in [6, 6.07) is 1.57. The second-order valence-electron chi connectivity index (χ2n) is 4.44. The van der Waals surface area contributed by atoms with E-state index in [1.54, 1.807) is 0 Å². The average molecular weight is 288 g/mol. The molecule has 0 spiro atoms. The number of benzene rings is 1. The number of hydrogen-bond donors (Lipinski definition) is 3. The molecule has 2 rings (SSSR count). The van der Waals surface area contributed by atoms with Crippen LogP contribution in [0.25, 0.3) is 0 Å². The fourth-order valence-corrected chi connectivity index (χ4v) is 1.58. The summed E-state index contributed by atoms with van der Waals surface area (Å²) < 4.78 is 37.5. The van der Waals surface area contributed by atoms with Gasteiger partial charge in [-0.1, -0.05) is 0 Å². The zero-order valence-electron chi connectivity index (χ0n) is 10.1. The van der Waals surface area contributed by atoms with Crippen molar-refractivity contribution in [3.8, 4) is 0 Å². The van der Waals surface area contributed by atoms with Crippen molar-refractivity contribution in [1.29, 1.82) is 0 Å². The maximum atomic E-state index is 12.5. The summed E-state index contributed by atoms with van der Waals surface area (Å²) in [7, 11) is 0. The maximum absolute atomic E-state index is 12.5. The van der Waals surface area contributed by atoms with Crippen molar-refractivity contribution in [1.82, 2.24) is 5.32 Å². The van der Waals surface area contributed by atoms with Gasteiger partial charge >= 0.3 is 18.2 Å². The van der Waals surface area contributed by atoms with Gasteiger partial charge in [0.15, 0.2) is 0 Å². The lowest BCUT2D eigenvalue weighted by Crippen LogP contribution is -2.31. The first-order valence-electron chi connectivity index (χ1n) is 5.79. The van der Waals surface area contributed by atoms with Gasteiger partial charge < -0.3 is 15.7 Å². The number of amides is 2. The van der Waals surface area contributed by atoms with Gasteiger partial charge in [0.2, 0.25) is 0 Å². The van der Waals surface area contributed by atoms with E-state index in [1.165, 1.54) is 0 Å². The number of rotatable bonds is 3. The smallest absolute Gasteiger partial charge is 0.416 e. The summed E-state index contributed by atoms with van der Waals surface area (Å²) in [5.41, 5.74) is -1.86. The number of urea groups is 1. The predicted octanol–water partition coefficient (Wildman–Crippen LogP) is 2.69. The number of anilines is 1. The Morgan fingerprint density at radius 1 is 1.25 bits per heavy atom. The Bertz CT molecular complexity index is 553. The Kier molecular flexibility index (Phi) is 3.56. The molecule has 8 heteroatoms. The van der Waals surface area contributed by atoms with E-state index >= 15 is 0 Å². The third-order valence-electron chi connectivity index (χ3n) is 2.74. The highest BCUT2D eigenvalue weighted by atomic mass is 19.4. The lowest BCUT2D eigenvalue weighted by Gasteiger charge is -2.12. The number of halogens is 3. The molecule has 5 nitrogen and oxygen atoms in total. The van der Waals surface area contributed by atoms with E-state index in [0.717, 1.165) is 25.0 Å². The van der Waals surface area contributed by atoms with Crippen LogP contribution in [0.4, 0.5) is 23.7 Å². The second kappa shape index (κ2) is 5.03. The SMILES string of the molecule is O=C(Nc1ccc(C(F)(F)F)cc1C(=O)O)NC1CC1. The van der Waals surface area contributed by atoms with E-state index in [-0.39, 0.29) is 11.7 Å². The van der Waals surface area contributed by atoms with Crippen LogP contribution in [0.1, 0.15) is 28.8 Å². The van der Waals surface area contributed by atoms with Crippen molar-refractivity contribution < 1.29 is 27.9 Å². The first-order chi connectivity index (χ1) is 9.27. The Morgan fingerprint density at radius 3 is 2.40 bits per heavy atom. The molecular formula is C12H11F3N2O3. The van der Waals surface area contributed by atoms with Gasteiger partial charge in [0.1, 0.15) is 0 Å². The lowest BCUT2D eigenvalue weighted by atomic mass is 10.1. The Hall–Kier alpha value is -2.25. The number of carbonyl (C=O) groups excluding carboxylic acids is 1. The zero-order valence-corrected chi connectivity index (χ0v) is 10.1. The molecule has 0 unspecified atom stereocenters. The van der Waals surface area contributed by atoms with Crippen LogP contribution in [0.5, 0.6) is 0 Å². The van der Waals surface area contributed by atoms with Crippen LogP contribution >= 0.6 is 0 Å². The molecule has 1 aliphatic rings. The van der Waals surface area contributed by atoms with E-state index in [2.05, 4.69) is 10.6 Å². The summed E-state index contributed by atoms with van der Waals surface area (Å²) in [5.74, 6) is -1.54. The minimum atomic E-state index is -4.64. The second-order valence-corrected chi connectivity index (χ2v) is 4.44. The van der Waals surface area contributed by atoms with Crippen LogP contribution in [0.15, 0.2) is 18.2 Å². The standard InChI is InChI=1S/C12H11F3N2O3/c13-12(14,15)6-1-4-9(8(5-6)10(18)19)17-11(20)16-7-2-3-7/h1,4-5,7H,2-3H2,(H,18,19)(H2,16,17,20). The first kappa shape index (κ1) is 14.2. The van der Waals surface area contributed by atoms with Crippen LogP contribution in [0.3, 0.4) is 0 Å². The van der Waals surface area contributed by atoms with Crippen LogP contribution in [0, 0.1) is 0 Å². The number of hydrogen-bond acceptors (Lipinski definition) is 2. The summed E-state index contributed by atoms with van der Waals surface area (Å²) in [4.78, 5) is 22.5. The molecule has 2 amide bonds. The number of aromatic carboxylic acids is 1. The molecule has 1 aliphatic carbocycles. The molecule has 0 heterocycles. The fourth-order valence-electron chi connectivity index (χ4n) is 1.58. The van der Waals surface area contributed by atoms with Crippen LogP contribution in [-0.2, 0) is 6.18 Å². The minimum absolute atomic E-state index is 0.0535. The quantitative estimate of drug-likeness (QED) is 0.800. The van der Waals surface area contributed by atoms with E-state index in [0.29, 0.717) is 6.07 Å². The molecule has 0 saturated heterocycles. The molecule has 108 valence electrons. The van der Waals surface area contributed by atoms with Gasteiger partial charge in [-0.2, -0.15) is 13.2 Å². The molecule has 1 aromatic rings. The fraction of sp³-hybridized carbons (Fsp3) is 0.333. The zero-order chi connectivity index (χ0) is 14.9. The lowest BCUT2D eigenvalue weighted by molar-refractivity contribution is -0.137. The van der Waals surface area contributed by atoms with E-state index < -0.39 is 29.3 Å². The van der Waals surface area contributed by atoms with Gasteiger partial charge in [0.05, 0.1) is 16.8 Å². The largest absolute Gasteiger partial charge is 0.478 e. The van der Waals surface area contributed by atoms with Gasteiger partial charge in [-0.15, -0.1) is 0 Å². The van der Waals surface area contributed by atoms with Crippen molar-refractivity contribution >= 4 is 17.7 Å². The molecule has 0 bridgehead atoms. The number of carboxylic acids is 1. The van der Waals surface area contributed by atoms with Crippen LogP contribution < -0.4 is 10.6 Å². The van der Waals surface area contributed by atoms with Crippen LogP contribution in [0.2, 0.25) is 0 Å². The number of nitrogens with one attached hydrogen (secondary N) is 2. The molecule has 0 atom stereocenters. The van der Waals surface area contributed by atoms with Gasteiger partial charge in [-0.05, 0) is 31.0 Å². The highest BCUT2D eigenvalue weighted by molar-refractivity contribution is 6.00. The van der Waals surface area contributed by atoms with Gasteiger partial charge in [0.25, 0.3) is 0 Å². The van der Waals surface area contributed by atoms with Crippen molar-refractivity contribution in [2.45, 2.75) is 25.1 Å². The van der Waals surface area contributed by atoms with E-state index in [4.69, 9.17) is 5.11 Å². The van der Waals surface area contributed by atoms with E-state index in [1.807, 2.05) is 0 Å². The van der Waals surface area contributed by atoms with Crippen molar-refractivity contribution in [3.05, 3.63) is 29.3 Å². The van der Waals surface area contributed by atoms with Crippen molar-refractivity contribution in [2.24, 2.45) is 0 Å². The number of carboxylic acid groups (broad SMARTS) is 1. The average Bonchev–Trinajstić information content (AvgIpc) is 3.11. The summed E-state index contributed by atoms with van der Waals surface area (Å²) >= 11 is 0. The maximum Gasteiger partial charge on any atom is 0.416 e. The monoisotopic (exact) mass is 288 g/mol. The van der Waals surface area contributed by atoms with Gasteiger partial charge in [-0.25, -0.2) is 9.59 Å². The van der Waals surface area contributed by atoms with Crippen LogP contribution in [-0.4, -0.2) is 23.1 Å².